The van der Waals surface area contributed by atoms with Crippen LogP contribution in [-0.4, -0.2) is 33.8 Å². The third-order valence-electron chi connectivity index (χ3n) is 3.60. The van der Waals surface area contributed by atoms with Crippen LogP contribution in [0.2, 0.25) is 0 Å². The largest absolute Gasteiger partial charge is 0.473 e. The second kappa shape index (κ2) is 6.74. The lowest BCUT2D eigenvalue weighted by molar-refractivity contribution is 0.0763. The molecule has 112 valence electrons. The van der Waals surface area contributed by atoms with Crippen LogP contribution in [0.3, 0.4) is 0 Å². The van der Waals surface area contributed by atoms with Crippen LogP contribution in [0.1, 0.15) is 39.5 Å². The second-order valence-electron chi connectivity index (χ2n) is 5.60. The van der Waals surface area contributed by atoms with E-state index in [4.69, 9.17) is 10.5 Å². The number of nitrogens with one attached hydrogen (secondary N) is 1. The summed E-state index contributed by atoms with van der Waals surface area (Å²) in [7, 11) is 0. The number of aliphatic hydroxyl groups excluding tert-OH is 1. The van der Waals surface area contributed by atoms with Crippen molar-refractivity contribution >= 4 is 11.5 Å². The molecule has 1 heterocycles. The average molecular weight is 280 g/mol. The van der Waals surface area contributed by atoms with Gasteiger partial charge in [-0.05, 0) is 26.7 Å². The minimum Gasteiger partial charge on any atom is -0.473 e. The number of nitrogen functional groups attached to an aromatic ring is 1. The quantitative estimate of drug-likeness (QED) is 0.761. The highest BCUT2D eigenvalue weighted by Crippen LogP contribution is 2.28. The van der Waals surface area contributed by atoms with Gasteiger partial charge in [-0.3, -0.25) is 0 Å². The van der Waals surface area contributed by atoms with Gasteiger partial charge in [0.25, 0.3) is 0 Å². The first kappa shape index (κ1) is 14.8. The molecule has 1 aromatic rings. The first-order chi connectivity index (χ1) is 9.58. The molecule has 4 N–H and O–H groups in total. The highest BCUT2D eigenvalue weighted by Gasteiger charge is 2.23. The molecule has 0 amide bonds. The molecule has 20 heavy (non-hydrogen) atoms. The van der Waals surface area contributed by atoms with Gasteiger partial charge < -0.3 is 20.9 Å². The molecular weight excluding hydrogens is 256 g/mol. The molecule has 1 aliphatic rings. The molecule has 0 aliphatic heterocycles. The van der Waals surface area contributed by atoms with Crippen molar-refractivity contribution in [3.8, 4) is 5.88 Å². The lowest BCUT2D eigenvalue weighted by Crippen LogP contribution is -2.30. The molecule has 2 rings (SSSR count). The minimum absolute atomic E-state index is 0.0141. The van der Waals surface area contributed by atoms with Crippen molar-refractivity contribution in [1.82, 2.24) is 9.97 Å². The van der Waals surface area contributed by atoms with Crippen molar-refractivity contribution in [3.05, 3.63) is 6.33 Å². The van der Waals surface area contributed by atoms with Gasteiger partial charge in [0, 0.05) is 12.5 Å². The first-order valence-corrected chi connectivity index (χ1v) is 7.27. The number of nitrogens with two attached hydrogens (primary N) is 1. The maximum atomic E-state index is 9.96. The second-order valence-corrected chi connectivity index (χ2v) is 5.60. The molecule has 1 aliphatic carbocycles. The minimum atomic E-state index is -0.231. The Balaban J connectivity index is 1.98. The van der Waals surface area contributed by atoms with Gasteiger partial charge in [0.1, 0.15) is 12.0 Å². The van der Waals surface area contributed by atoms with Gasteiger partial charge in [0.2, 0.25) is 5.88 Å². The van der Waals surface area contributed by atoms with Crippen LogP contribution in [0, 0.1) is 5.92 Å². The third kappa shape index (κ3) is 3.72. The van der Waals surface area contributed by atoms with Gasteiger partial charge in [-0.2, -0.15) is 4.98 Å². The Hall–Kier alpha value is -1.56. The van der Waals surface area contributed by atoms with Crippen LogP contribution in [0.15, 0.2) is 6.33 Å². The topological polar surface area (TPSA) is 93.3 Å². The van der Waals surface area contributed by atoms with Gasteiger partial charge >= 0.3 is 0 Å². The van der Waals surface area contributed by atoms with Crippen LogP contribution in [0.5, 0.6) is 5.88 Å². The average Bonchev–Trinajstić information content (AvgIpc) is 2.41. The van der Waals surface area contributed by atoms with Crippen molar-refractivity contribution in [2.75, 3.05) is 17.6 Å². The molecule has 1 fully saturated rings. The standard InChI is InChI=1S/C14H24N4O2/c1-9(2)20-14-12(15)13(17-8-18-14)16-7-10-5-3-4-6-11(10)19/h8-11,19H,3-7,15H2,1-2H3,(H,16,17,18). The van der Waals surface area contributed by atoms with Crippen LogP contribution in [-0.2, 0) is 0 Å². The van der Waals surface area contributed by atoms with Crippen LogP contribution >= 0.6 is 0 Å². The normalized spacial score (nSPS) is 22.8. The summed E-state index contributed by atoms with van der Waals surface area (Å²) in [5.74, 6) is 1.24. The fraction of sp³-hybridized carbons (Fsp3) is 0.714. The van der Waals surface area contributed by atoms with E-state index in [0.717, 1.165) is 19.3 Å². The number of anilines is 2. The predicted molar refractivity (Wildman–Crippen MR) is 78.7 cm³/mol. The van der Waals surface area contributed by atoms with Crippen molar-refractivity contribution in [1.29, 1.82) is 0 Å². The van der Waals surface area contributed by atoms with Crippen molar-refractivity contribution < 1.29 is 9.84 Å². The number of aromatic nitrogens is 2. The number of rotatable bonds is 5. The van der Waals surface area contributed by atoms with E-state index in [0.29, 0.717) is 23.9 Å². The Kier molecular flexibility index (Phi) is 5.00. The molecule has 0 saturated heterocycles. The highest BCUT2D eigenvalue weighted by atomic mass is 16.5. The summed E-state index contributed by atoms with van der Waals surface area (Å²) in [4.78, 5) is 8.19. The van der Waals surface area contributed by atoms with Crippen LogP contribution in [0.25, 0.3) is 0 Å². The zero-order valence-corrected chi connectivity index (χ0v) is 12.2. The smallest absolute Gasteiger partial charge is 0.242 e. The fourth-order valence-electron chi connectivity index (χ4n) is 2.49. The van der Waals surface area contributed by atoms with E-state index in [9.17, 15) is 5.11 Å². The monoisotopic (exact) mass is 280 g/mol. The number of hydrogen-bond donors (Lipinski definition) is 3. The third-order valence-corrected chi connectivity index (χ3v) is 3.60. The molecule has 1 aromatic heterocycles. The summed E-state index contributed by atoms with van der Waals surface area (Å²) >= 11 is 0. The van der Waals surface area contributed by atoms with Gasteiger partial charge in [-0.1, -0.05) is 12.8 Å². The molecule has 1 saturated carbocycles. The van der Waals surface area contributed by atoms with E-state index in [-0.39, 0.29) is 18.1 Å². The van der Waals surface area contributed by atoms with Gasteiger partial charge in [-0.25, -0.2) is 4.98 Å². The van der Waals surface area contributed by atoms with E-state index in [1.165, 1.54) is 12.7 Å². The lowest BCUT2D eigenvalue weighted by Gasteiger charge is -2.28. The lowest BCUT2D eigenvalue weighted by atomic mass is 9.86. The van der Waals surface area contributed by atoms with Crippen LogP contribution in [0.4, 0.5) is 11.5 Å². The summed E-state index contributed by atoms with van der Waals surface area (Å²) in [5, 5.41) is 13.2. The molecule has 0 spiro atoms. The van der Waals surface area contributed by atoms with Crippen LogP contribution < -0.4 is 15.8 Å². The predicted octanol–water partition coefficient (Wildman–Crippen LogP) is 1.81. The maximum absolute atomic E-state index is 9.96. The van der Waals surface area contributed by atoms with Gasteiger partial charge in [-0.15, -0.1) is 0 Å². The zero-order chi connectivity index (χ0) is 14.5. The molecule has 6 nitrogen and oxygen atoms in total. The highest BCUT2D eigenvalue weighted by molar-refractivity contribution is 5.66. The van der Waals surface area contributed by atoms with Gasteiger partial charge in [0.15, 0.2) is 5.82 Å². The van der Waals surface area contributed by atoms with E-state index in [1.807, 2.05) is 13.8 Å². The molecule has 0 aromatic carbocycles. The van der Waals surface area contributed by atoms with E-state index >= 15 is 0 Å². The Morgan fingerprint density at radius 2 is 2.15 bits per heavy atom. The summed E-state index contributed by atoms with van der Waals surface area (Å²) in [6.07, 6.45) is 5.42. The Labute approximate surface area is 119 Å². The maximum Gasteiger partial charge on any atom is 0.242 e. The molecule has 0 radical (unpaired) electrons. The fourth-order valence-corrected chi connectivity index (χ4v) is 2.49. The Morgan fingerprint density at radius 3 is 2.85 bits per heavy atom. The molecule has 0 bridgehead atoms. The van der Waals surface area contributed by atoms with Crippen molar-refractivity contribution in [2.45, 2.75) is 51.7 Å². The Morgan fingerprint density at radius 1 is 1.40 bits per heavy atom. The first-order valence-electron chi connectivity index (χ1n) is 7.27. The SMILES string of the molecule is CC(C)Oc1ncnc(NCC2CCCCC2O)c1N. The zero-order valence-electron chi connectivity index (χ0n) is 12.2. The Bertz CT molecular complexity index is 439. The summed E-state index contributed by atoms with van der Waals surface area (Å²) in [6.45, 7) is 4.52. The summed E-state index contributed by atoms with van der Waals surface area (Å²) < 4.78 is 5.53. The molecular formula is C14H24N4O2. The van der Waals surface area contributed by atoms with E-state index in [2.05, 4.69) is 15.3 Å². The van der Waals surface area contributed by atoms with E-state index in [1.54, 1.807) is 0 Å². The van der Waals surface area contributed by atoms with E-state index < -0.39 is 0 Å². The van der Waals surface area contributed by atoms with Crippen molar-refractivity contribution in [3.63, 3.8) is 0 Å². The number of hydrogen-bond acceptors (Lipinski definition) is 6. The van der Waals surface area contributed by atoms with Crippen molar-refractivity contribution in [2.24, 2.45) is 5.92 Å². The number of ether oxygens (including phenoxy) is 1. The summed E-state index contributed by atoms with van der Waals surface area (Å²) in [5.41, 5.74) is 6.43. The summed E-state index contributed by atoms with van der Waals surface area (Å²) in [6, 6.07) is 0. The molecule has 2 unspecified atom stereocenters. The number of nitrogens with zero attached hydrogens (tertiary/aromatic N) is 2. The molecule has 2 atom stereocenters. The number of aliphatic hydroxyl groups is 1. The molecule has 6 heteroatoms. The van der Waals surface area contributed by atoms with Gasteiger partial charge in [0.05, 0.1) is 12.2 Å².